The minimum atomic E-state index is -2.90. The molecule has 0 saturated carbocycles. The number of halogens is 2. The van der Waals surface area contributed by atoms with Crippen LogP contribution in [0.15, 0.2) is 61.3 Å². The van der Waals surface area contributed by atoms with Gasteiger partial charge in [0.15, 0.2) is 0 Å². The van der Waals surface area contributed by atoms with Crippen molar-refractivity contribution in [2.45, 2.75) is 122 Å². The van der Waals surface area contributed by atoms with Gasteiger partial charge in [0.05, 0.1) is 29.8 Å². The molecule has 6 bridgehead atoms. The molecule has 3 saturated heterocycles. The number of rotatable bonds is 10. The highest BCUT2D eigenvalue weighted by atomic mass is 28.1. The zero-order valence-corrected chi connectivity index (χ0v) is 47.9. The number of piperidine rings is 1. The highest BCUT2D eigenvalue weighted by Crippen LogP contribution is 2.42. The van der Waals surface area contributed by atoms with E-state index >= 15 is 13.6 Å². The Morgan fingerprint density at radius 1 is 1.04 bits per heavy atom. The van der Waals surface area contributed by atoms with Crippen LogP contribution in [0.4, 0.5) is 13.6 Å². The molecule has 2 N–H and O–H groups in total. The number of alkyl halides is 2. The summed E-state index contributed by atoms with van der Waals surface area (Å²) in [6, 6.07) is 9.57. The van der Waals surface area contributed by atoms with Gasteiger partial charge in [-0.15, -0.1) is 0 Å². The van der Waals surface area contributed by atoms with Crippen LogP contribution < -0.4 is 10.7 Å². The average molecular weight is 1070 g/mol. The number of likely N-dealkylation sites (tertiary alicyclic amines) is 1. The number of ether oxygens (including phenoxy) is 2. The molecule has 3 fully saturated rings. The molecule has 8 rings (SSSR count). The van der Waals surface area contributed by atoms with Gasteiger partial charge in [-0.25, -0.2) is 19.0 Å². The van der Waals surface area contributed by atoms with Gasteiger partial charge < -0.3 is 34.1 Å². The monoisotopic (exact) mass is 1070 g/mol. The minimum Gasteiger partial charge on any atom is -0.464 e. The third-order valence-electron chi connectivity index (χ3n) is 16.3. The minimum absolute atomic E-state index is 0.0469. The van der Waals surface area contributed by atoms with Gasteiger partial charge in [-0.1, -0.05) is 40.3 Å². The molecule has 5 amide bonds. The smallest absolute Gasteiger partial charge is 0.323 e. The van der Waals surface area contributed by atoms with Gasteiger partial charge in [-0.05, 0) is 107 Å². The van der Waals surface area contributed by atoms with E-state index in [1.54, 1.807) is 30.2 Å². The lowest BCUT2D eigenvalue weighted by atomic mass is 9.83. The number of piperazine rings is 1. The van der Waals surface area contributed by atoms with Crippen LogP contribution in [0.25, 0.3) is 33.4 Å². The van der Waals surface area contributed by atoms with Crippen molar-refractivity contribution in [3.8, 4) is 22.5 Å². The molecule has 7 heterocycles. The summed E-state index contributed by atoms with van der Waals surface area (Å²) >= 11 is 0. The molecule has 20 heteroatoms. The third-order valence-corrected chi connectivity index (χ3v) is 17.4. The van der Waals surface area contributed by atoms with Gasteiger partial charge in [0.1, 0.15) is 17.2 Å². The molecule has 17 nitrogen and oxygen atoms in total. The summed E-state index contributed by atoms with van der Waals surface area (Å²) in [5.74, 6) is -2.25. The van der Waals surface area contributed by atoms with Crippen molar-refractivity contribution in [2.75, 3.05) is 67.1 Å². The lowest BCUT2D eigenvalue weighted by Crippen LogP contribution is -2.68. The normalized spacial score (nSPS) is 22.1. The SMILES string of the molecule is C=CC(=O)N1CCN(C)C2(CCN(C(=O)N(C)[C@H](C(=O)N[C@H]3Cc4cc(C(F)F)cc(n4)-c4ccc5c(c4)c(c(-c4cccnc4[C@H](C)OC)n5CC)CC(C)(C)COC(=O)[C@@]4([SiH3])CCCN(N4)C3=O)C(C)C)CC2)C1. The van der Waals surface area contributed by atoms with E-state index in [1.165, 1.54) is 28.1 Å². The van der Waals surface area contributed by atoms with Crippen molar-refractivity contribution in [1.82, 2.24) is 49.9 Å². The molecular weight excluding hydrogens is 991 g/mol. The largest absolute Gasteiger partial charge is 0.464 e. The number of amides is 5. The van der Waals surface area contributed by atoms with Crippen molar-refractivity contribution < 1.29 is 42.2 Å². The van der Waals surface area contributed by atoms with E-state index < -0.39 is 52.8 Å². The van der Waals surface area contributed by atoms with Crippen LogP contribution in [0.1, 0.15) is 102 Å². The van der Waals surface area contributed by atoms with E-state index in [9.17, 15) is 19.2 Å². The fourth-order valence-electron chi connectivity index (χ4n) is 11.9. The van der Waals surface area contributed by atoms with Crippen molar-refractivity contribution in [1.29, 1.82) is 0 Å². The number of esters is 1. The highest BCUT2D eigenvalue weighted by molar-refractivity contribution is 6.27. The average Bonchev–Trinajstić information content (AvgIpc) is 3.74. The molecule has 76 heavy (non-hydrogen) atoms. The van der Waals surface area contributed by atoms with Crippen LogP contribution >= 0.6 is 0 Å². The Hall–Kier alpha value is -6.09. The number of benzene rings is 1. The van der Waals surface area contributed by atoms with E-state index in [0.717, 1.165) is 33.4 Å². The van der Waals surface area contributed by atoms with Crippen molar-refractivity contribution >= 4 is 50.9 Å². The second kappa shape index (κ2) is 22.5. The second-order valence-corrected chi connectivity index (χ2v) is 24.3. The van der Waals surface area contributed by atoms with Gasteiger partial charge in [-0.2, -0.15) is 0 Å². The summed E-state index contributed by atoms with van der Waals surface area (Å²) < 4.78 is 44.5. The Morgan fingerprint density at radius 3 is 2.45 bits per heavy atom. The Balaban J connectivity index is 1.18. The van der Waals surface area contributed by atoms with Crippen molar-refractivity contribution in [2.24, 2.45) is 11.3 Å². The van der Waals surface area contributed by atoms with Crippen LogP contribution in [-0.4, -0.2) is 169 Å². The quantitative estimate of drug-likeness (QED) is 0.114. The van der Waals surface area contributed by atoms with Gasteiger partial charge in [-0.3, -0.25) is 39.1 Å². The molecule has 410 valence electrons. The first-order valence-electron chi connectivity index (χ1n) is 26.7. The number of nitrogens with zero attached hydrogens (tertiary/aromatic N) is 8. The number of hydrogen-bond acceptors (Lipinski definition) is 11. The lowest BCUT2D eigenvalue weighted by Gasteiger charge is -2.53. The van der Waals surface area contributed by atoms with E-state index in [2.05, 4.69) is 33.7 Å². The highest BCUT2D eigenvalue weighted by Gasteiger charge is 2.46. The van der Waals surface area contributed by atoms with E-state index in [4.69, 9.17) is 19.4 Å². The number of hydrazine groups is 1. The topological polar surface area (TPSA) is 175 Å². The van der Waals surface area contributed by atoms with Crippen LogP contribution in [-0.2, 0) is 48.0 Å². The molecule has 4 atom stereocenters. The number of carbonyl (C=O) groups excluding carboxylic acids is 5. The number of carbonyl (C=O) groups is 5. The second-order valence-electron chi connectivity index (χ2n) is 22.6. The van der Waals surface area contributed by atoms with Crippen molar-refractivity contribution in [3.63, 3.8) is 0 Å². The third kappa shape index (κ3) is 11.2. The van der Waals surface area contributed by atoms with Gasteiger partial charge in [0, 0.05) is 127 Å². The lowest BCUT2D eigenvalue weighted by molar-refractivity contribution is -0.158. The molecule has 3 aromatic heterocycles. The van der Waals surface area contributed by atoms with Gasteiger partial charge in [0.2, 0.25) is 11.8 Å². The Morgan fingerprint density at radius 2 is 1.78 bits per heavy atom. The van der Waals surface area contributed by atoms with Gasteiger partial charge >= 0.3 is 12.0 Å². The number of hydrogen-bond donors (Lipinski definition) is 2. The first-order chi connectivity index (χ1) is 36.0. The number of urea groups is 1. The summed E-state index contributed by atoms with van der Waals surface area (Å²) in [6.45, 7) is 18.8. The number of pyridine rings is 2. The fraction of sp³-hybridized carbons (Fsp3) is 0.554. The Bertz CT molecular complexity index is 2870. The number of cyclic esters (lactones) is 1. The number of aromatic nitrogens is 3. The molecule has 0 aliphatic carbocycles. The Labute approximate surface area is 448 Å². The molecule has 4 aromatic rings. The number of methoxy groups -OCH3 is 1. The summed E-state index contributed by atoms with van der Waals surface area (Å²) in [5, 5.41) is 3.95. The maximum absolute atomic E-state index is 15.1. The molecule has 1 spiro atoms. The zero-order chi connectivity index (χ0) is 55.0. The number of aryl methyl sites for hydroxylation is 1. The standard InChI is InChI=1S/C56H76F2N10O7Si/c1-11-45(69)66-26-25-63(8)55(32-66)19-23-65(24-20-55)53(73)64(9)47(34(3)4)50(70)61-43-30-38-27-37(49(57)58)29-42(60-38)36-16-17-44-40(28-36)41(48(67(44)12-2)39-15-13-21-59-46(39)35(5)74-10)31-54(6,7)33-75-52(72)56(76)18-14-22-68(62-56)51(43)71/h11,13,15-17,21,27-29,34-35,43,47,49,62H,1,12,14,18-20,22-26,30-33H2,2-10,76H3,(H,61,70)/t35-,43-,47-,56-/m0/s1. The number of nitrogens with one attached hydrogen (secondary N) is 2. The van der Waals surface area contributed by atoms with Crippen LogP contribution in [0.2, 0.25) is 0 Å². The van der Waals surface area contributed by atoms with Crippen molar-refractivity contribution in [3.05, 3.63) is 83.8 Å². The predicted octanol–water partition coefficient (Wildman–Crippen LogP) is 5.64. The van der Waals surface area contributed by atoms with Crippen LogP contribution in [0.5, 0.6) is 0 Å². The molecule has 4 aliphatic rings. The first-order valence-corrected chi connectivity index (χ1v) is 27.7. The zero-order valence-electron chi connectivity index (χ0n) is 45.9. The maximum atomic E-state index is 15.1. The number of likely N-dealkylation sites (N-methyl/N-ethyl adjacent to an activating group) is 2. The maximum Gasteiger partial charge on any atom is 0.323 e. The van der Waals surface area contributed by atoms with E-state index in [-0.39, 0.29) is 70.3 Å². The molecule has 0 radical (unpaired) electrons. The summed E-state index contributed by atoms with van der Waals surface area (Å²) in [5.41, 5.74) is 7.32. The van der Waals surface area contributed by atoms with E-state index in [0.29, 0.717) is 76.9 Å². The number of fused-ring (bicyclic) bond motifs is 6. The molecule has 4 aliphatic heterocycles. The van der Waals surface area contributed by atoms with Gasteiger partial charge in [0.25, 0.3) is 12.3 Å². The Kier molecular flexibility index (Phi) is 16.6. The summed E-state index contributed by atoms with van der Waals surface area (Å²) in [7, 11) is 5.51. The fourth-order valence-corrected chi connectivity index (χ4v) is 12.6. The molecule has 1 aromatic carbocycles. The van der Waals surface area contributed by atoms with E-state index in [1.807, 2.05) is 72.0 Å². The van der Waals surface area contributed by atoms with Crippen LogP contribution in [0, 0.1) is 11.3 Å². The first kappa shape index (κ1) is 56.1. The summed E-state index contributed by atoms with van der Waals surface area (Å²) in [4.78, 5) is 88.3. The molecule has 0 unspecified atom stereocenters. The predicted molar refractivity (Wildman–Crippen MR) is 290 cm³/mol. The summed E-state index contributed by atoms with van der Waals surface area (Å²) in [6.07, 6.45) is 2.07. The van der Waals surface area contributed by atoms with Crippen LogP contribution in [0.3, 0.4) is 0 Å². The molecular formula is C56H76F2N10O7Si.